The van der Waals surface area contributed by atoms with E-state index in [0.717, 1.165) is 11.4 Å². The summed E-state index contributed by atoms with van der Waals surface area (Å²) in [6, 6.07) is 75.2. The summed E-state index contributed by atoms with van der Waals surface area (Å²) >= 11 is 1.86. The van der Waals surface area contributed by atoms with Crippen LogP contribution in [0.1, 0.15) is 0 Å². The lowest BCUT2D eigenvalue weighted by Gasteiger charge is -2.27. The molecule has 0 spiro atoms. The lowest BCUT2D eigenvalue weighted by atomic mass is 9.98. The number of thiophene rings is 1. The lowest BCUT2D eigenvalue weighted by Crippen LogP contribution is -2.10. The van der Waals surface area contributed by atoms with Gasteiger partial charge in [0.25, 0.3) is 0 Å². The van der Waals surface area contributed by atoms with Crippen molar-refractivity contribution in [3.63, 3.8) is 0 Å². The van der Waals surface area contributed by atoms with Gasteiger partial charge < -0.3 is 9.47 Å². The zero-order valence-electron chi connectivity index (χ0n) is 29.9. The maximum Gasteiger partial charge on any atom is 0.0554 e. The molecular weight excluding hydrogens is 685 g/mol. The maximum atomic E-state index is 2.43. The minimum absolute atomic E-state index is 1.12. The van der Waals surface area contributed by atoms with E-state index in [-0.39, 0.29) is 0 Å². The van der Waals surface area contributed by atoms with Crippen molar-refractivity contribution in [2.24, 2.45) is 0 Å². The molecule has 11 rings (SSSR count). The number of hydrogen-bond donors (Lipinski definition) is 0. The van der Waals surface area contributed by atoms with E-state index in [1.54, 1.807) is 0 Å². The molecule has 0 bridgehead atoms. The first-order valence-corrected chi connectivity index (χ1v) is 19.6. The third kappa shape index (κ3) is 5.32. The van der Waals surface area contributed by atoms with Crippen LogP contribution in [0, 0.1) is 0 Å². The number of hydrogen-bond acceptors (Lipinski definition) is 2. The predicted octanol–water partition coefficient (Wildman–Crippen LogP) is 15.1. The van der Waals surface area contributed by atoms with E-state index >= 15 is 0 Å². The van der Waals surface area contributed by atoms with Crippen molar-refractivity contribution in [1.82, 2.24) is 4.57 Å². The molecule has 0 N–H and O–H groups in total. The van der Waals surface area contributed by atoms with E-state index in [1.165, 1.54) is 86.4 Å². The largest absolute Gasteiger partial charge is 0.310 e. The van der Waals surface area contributed by atoms with Crippen LogP contribution in [0.15, 0.2) is 206 Å². The molecule has 0 unspecified atom stereocenters. The number of benzene rings is 9. The highest BCUT2D eigenvalue weighted by Gasteiger charge is 2.20. The number of para-hydroxylation sites is 2. The fourth-order valence-electron chi connectivity index (χ4n) is 8.38. The highest BCUT2D eigenvalue weighted by atomic mass is 32.1. The molecule has 0 amide bonds. The summed E-state index contributed by atoms with van der Waals surface area (Å²) in [5, 5.41) is 7.56. The summed E-state index contributed by atoms with van der Waals surface area (Å²) in [5.74, 6) is 0. The molecule has 0 aliphatic rings. The van der Waals surface area contributed by atoms with Crippen molar-refractivity contribution in [2.45, 2.75) is 0 Å². The summed E-state index contributed by atoms with van der Waals surface area (Å²) in [6.45, 7) is 0. The Balaban J connectivity index is 1.07. The topological polar surface area (TPSA) is 8.17 Å². The zero-order chi connectivity index (χ0) is 36.3. The van der Waals surface area contributed by atoms with Crippen LogP contribution in [-0.4, -0.2) is 4.57 Å². The van der Waals surface area contributed by atoms with Crippen molar-refractivity contribution >= 4 is 81.1 Å². The van der Waals surface area contributed by atoms with Gasteiger partial charge >= 0.3 is 0 Å². The molecule has 258 valence electrons. The van der Waals surface area contributed by atoms with Gasteiger partial charge in [0.1, 0.15) is 0 Å². The van der Waals surface area contributed by atoms with Gasteiger partial charge in [-0.2, -0.15) is 0 Å². The van der Waals surface area contributed by atoms with Crippen LogP contribution < -0.4 is 4.90 Å². The molecule has 2 nitrogen and oxygen atoms in total. The summed E-state index contributed by atoms with van der Waals surface area (Å²) in [4.78, 5) is 2.43. The molecule has 0 saturated heterocycles. The molecule has 0 radical (unpaired) electrons. The Morgan fingerprint density at radius 1 is 0.364 bits per heavy atom. The predicted molar refractivity (Wildman–Crippen MR) is 237 cm³/mol. The molecule has 2 heterocycles. The molecule has 55 heavy (non-hydrogen) atoms. The van der Waals surface area contributed by atoms with Crippen LogP contribution in [0.2, 0.25) is 0 Å². The lowest BCUT2D eigenvalue weighted by molar-refractivity contribution is 1.18. The highest BCUT2D eigenvalue weighted by Crippen LogP contribution is 2.46. The summed E-state index contributed by atoms with van der Waals surface area (Å²) in [5.41, 5.74) is 11.8. The van der Waals surface area contributed by atoms with E-state index in [1.807, 2.05) is 11.3 Å². The average Bonchev–Trinajstić information content (AvgIpc) is 3.79. The fraction of sp³-hybridized carbons (Fsp3) is 0. The minimum Gasteiger partial charge on any atom is -0.310 e. The van der Waals surface area contributed by atoms with Crippen molar-refractivity contribution in [3.05, 3.63) is 206 Å². The van der Waals surface area contributed by atoms with Gasteiger partial charge in [0.15, 0.2) is 0 Å². The molecule has 0 atom stereocenters. The Labute approximate surface area is 323 Å². The molecule has 0 aliphatic heterocycles. The molecular formula is C52H34N2S. The average molecular weight is 719 g/mol. The normalized spacial score (nSPS) is 11.6. The van der Waals surface area contributed by atoms with Gasteiger partial charge in [-0.3, -0.25) is 0 Å². The molecule has 3 heteroatoms. The van der Waals surface area contributed by atoms with Crippen molar-refractivity contribution in [2.75, 3.05) is 4.90 Å². The molecule has 0 fully saturated rings. The van der Waals surface area contributed by atoms with Crippen LogP contribution in [0.5, 0.6) is 0 Å². The molecule has 0 saturated carbocycles. The minimum atomic E-state index is 1.12. The van der Waals surface area contributed by atoms with Crippen LogP contribution in [0.3, 0.4) is 0 Å². The summed E-state index contributed by atoms with van der Waals surface area (Å²) in [6.07, 6.45) is 0. The van der Waals surface area contributed by atoms with Crippen molar-refractivity contribution < 1.29 is 0 Å². The van der Waals surface area contributed by atoms with Crippen LogP contribution in [-0.2, 0) is 0 Å². The number of aromatic nitrogens is 1. The Morgan fingerprint density at radius 2 is 1.02 bits per heavy atom. The standard InChI is InChI=1S/C52H34N2S/c1-3-13-35(14-4-1)36-27-29-42(30-28-36)53(48-22-12-24-51-52(48)45-20-8-10-23-50(45)55-51)43-18-11-15-37(32-43)38-25-26-39-33-46-44-19-7-9-21-47(44)54(41-16-5-2-6-17-41)49(46)34-40(39)31-38/h1-34H. The molecule has 11 aromatic rings. The van der Waals surface area contributed by atoms with E-state index in [0.29, 0.717) is 0 Å². The first-order valence-electron chi connectivity index (χ1n) is 18.8. The van der Waals surface area contributed by atoms with E-state index in [4.69, 9.17) is 0 Å². The second kappa shape index (κ2) is 12.9. The second-order valence-corrected chi connectivity index (χ2v) is 15.3. The van der Waals surface area contributed by atoms with E-state index in [2.05, 4.69) is 216 Å². The van der Waals surface area contributed by atoms with E-state index in [9.17, 15) is 0 Å². The third-order valence-corrected chi connectivity index (χ3v) is 12.1. The molecule has 0 aliphatic carbocycles. The number of nitrogens with zero attached hydrogens (tertiary/aromatic N) is 2. The second-order valence-electron chi connectivity index (χ2n) is 14.2. The Kier molecular flexibility index (Phi) is 7.39. The Bertz CT molecular complexity index is 3190. The van der Waals surface area contributed by atoms with Crippen molar-refractivity contribution in [1.29, 1.82) is 0 Å². The smallest absolute Gasteiger partial charge is 0.0554 e. The monoisotopic (exact) mass is 718 g/mol. The van der Waals surface area contributed by atoms with E-state index < -0.39 is 0 Å². The van der Waals surface area contributed by atoms with Gasteiger partial charge in [0, 0.05) is 48.0 Å². The van der Waals surface area contributed by atoms with Gasteiger partial charge in [0.05, 0.1) is 16.7 Å². The van der Waals surface area contributed by atoms with Gasteiger partial charge in [-0.25, -0.2) is 0 Å². The van der Waals surface area contributed by atoms with Gasteiger partial charge in [0.2, 0.25) is 0 Å². The molecule has 9 aromatic carbocycles. The quantitative estimate of drug-likeness (QED) is 0.166. The van der Waals surface area contributed by atoms with Crippen LogP contribution >= 0.6 is 11.3 Å². The van der Waals surface area contributed by atoms with Gasteiger partial charge in [-0.05, 0) is 112 Å². The van der Waals surface area contributed by atoms with Crippen LogP contribution in [0.25, 0.3) is 80.7 Å². The molecule has 2 aromatic heterocycles. The van der Waals surface area contributed by atoms with Gasteiger partial charge in [-0.1, -0.05) is 127 Å². The number of anilines is 3. The summed E-state index contributed by atoms with van der Waals surface area (Å²) in [7, 11) is 0. The van der Waals surface area contributed by atoms with Crippen molar-refractivity contribution in [3.8, 4) is 27.9 Å². The van der Waals surface area contributed by atoms with Crippen LogP contribution in [0.4, 0.5) is 17.1 Å². The third-order valence-electron chi connectivity index (χ3n) is 10.9. The number of fused-ring (bicyclic) bond motifs is 7. The summed E-state index contributed by atoms with van der Waals surface area (Å²) < 4.78 is 4.98. The Morgan fingerprint density at radius 3 is 1.87 bits per heavy atom. The van der Waals surface area contributed by atoms with Gasteiger partial charge in [-0.15, -0.1) is 11.3 Å². The zero-order valence-corrected chi connectivity index (χ0v) is 30.7. The SMILES string of the molecule is c1ccc(-c2ccc(N(c3cccc(-c4ccc5cc6c7ccccc7n(-c7ccccc7)c6cc5c4)c3)c3cccc4sc5ccccc5c34)cc2)cc1. The Hall–Kier alpha value is -6.94. The number of rotatable bonds is 6. The first-order chi connectivity index (χ1) is 27.3. The highest BCUT2D eigenvalue weighted by molar-refractivity contribution is 7.26. The first kappa shape index (κ1) is 31.6. The maximum absolute atomic E-state index is 2.43. The fourth-order valence-corrected chi connectivity index (χ4v) is 9.50.